The van der Waals surface area contributed by atoms with Crippen molar-refractivity contribution in [1.82, 2.24) is 5.32 Å². The van der Waals surface area contributed by atoms with E-state index in [9.17, 15) is 9.59 Å². The number of hydrogen-bond acceptors (Lipinski definition) is 3. The van der Waals surface area contributed by atoms with Gasteiger partial charge in [-0.05, 0) is 78.0 Å². The maximum Gasteiger partial charge on any atom is 0.251 e. The summed E-state index contributed by atoms with van der Waals surface area (Å²) in [4.78, 5) is 23.5. The molecule has 0 saturated carbocycles. The summed E-state index contributed by atoms with van der Waals surface area (Å²) in [5.74, 6) is -0.227. The topological polar surface area (TPSA) is 70.2 Å². The van der Waals surface area contributed by atoms with Crippen molar-refractivity contribution in [3.63, 3.8) is 0 Å². The minimum atomic E-state index is -0.126. The van der Waals surface area contributed by atoms with Crippen molar-refractivity contribution in [3.05, 3.63) is 57.7 Å². The molecule has 0 aliphatic heterocycles. The zero-order valence-corrected chi connectivity index (χ0v) is 14.9. The predicted octanol–water partition coefficient (Wildman–Crippen LogP) is 3.09. The molecule has 0 atom stereocenters. The second kappa shape index (κ2) is 8.52. The summed E-state index contributed by atoms with van der Waals surface area (Å²) in [6.07, 6.45) is 0. The zero-order chi connectivity index (χ0) is 16.7. The van der Waals surface area contributed by atoms with Crippen LogP contribution in [0.15, 0.2) is 48.5 Å². The Morgan fingerprint density at radius 2 is 1.57 bits per heavy atom. The highest BCUT2D eigenvalue weighted by Gasteiger charge is 2.05. The minimum Gasteiger partial charge on any atom is -0.376 e. The van der Waals surface area contributed by atoms with Crippen LogP contribution in [-0.2, 0) is 4.79 Å². The second-order valence-electron chi connectivity index (χ2n) is 4.85. The summed E-state index contributed by atoms with van der Waals surface area (Å²) in [7, 11) is 0. The van der Waals surface area contributed by atoms with Gasteiger partial charge in [-0.25, -0.2) is 0 Å². The highest BCUT2D eigenvalue weighted by molar-refractivity contribution is 14.1. The van der Waals surface area contributed by atoms with Gasteiger partial charge in [-0.15, -0.1) is 0 Å². The first kappa shape index (κ1) is 17.3. The maximum absolute atomic E-state index is 11.9. The van der Waals surface area contributed by atoms with Crippen molar-refractivity contribution < 1.29 is 9.59 Å². The molecule has 2 aromatic carbocycles. The first-order valence-electron chi connectivity index (χ1n) is 7.26. The first-order chi connectivity index (χ1) is 11.1. The van der Waals surface area contributed by atoms with E-state index in [1.807, 2.05) is 31.2 Å². The summed E-state index contributed by atoms with van der Waals surface area (Å²) in [6, 6.07) is 14.6. The minimum absolute atomic E-state index is 0.101. The van der Waals surface area contributed by atoms with Crippen molar-refractivity contribution in [2.45, 2.75) is 6.92 Å². The average Bonchev–Trinajstić information content (AvgIpc) is 2.56. The van der Waals surface area contributed by atoms with Gasteiger partial charge in [0.05, 0.1) is 6.54 Å². The van der Waals surface area contributed by atoms with Gasteiger partial charge in [-0.3, -0.25) is 9.59 Å². The number of anilines is 2. The SMILES string of the molecule is CCNC(=O)c1ccc(NCC(=O)Nc2ccc(I)cc2)cc1. The van der Waals surface area contributed by atoms with Crippen molar-refractivity contribution in [2.24, 2.45) is 0 Å². The van der Waals surface area contributed by atoms with Gasteiger partial charge in [-0.1, -0.05) is 0 Å². The number of amides is 2. The molecule has 0 aliphatic rings. The van der Waals surface area contributed by atoms with Crippen LogP contribution in [0.5, 0.6) is 0 Å². The molecule has 0 heterocycles. The van der Waals surface area contributed by atoms with Crippen LogP contribution in [0.4, 0.5) is 11.4 Å². The number of hydrogen-bond donors (Lipinski definition) is 3. The molecule has 2 aromatic rings. The Kier molecular flexibility index (Phi) is 6.40. The summed E-state index contributed by atoms with van der Waals surface area (Å²) < 4.78 is 1.12. The van der Waals surface area contributed by atoms with E-state index >= 15 is 0 Å². The molecule has 0 bridgehead atoms. The molecule has 0 unspecified atom stereocenters. The quantitative estimate of drug-likeness (QED) is 0.626. The lowest BCUT2D eigenvalue weighted by molar-refractivity contribution is -0.114. The van der Waals surface area contributed by atoms with Crippen LogP contribution in [0, 0.1) is 3.57 Å². The largest absolute Gasteiger partial charge is 0.376 e. The molecular weight excluding hydrogens is 405 g/mol. The van der Waals surface area contributed by atoms with E-state index in [0.717, 1.165) is 14.9 Å². The standard InChI is InChI=1S/C17H18IN3O2/c1-2-19-17(23)12-3-7-14(8-4-12)20-11-16(22)21-15-9-5-13(18)6-10-15/h3-10,20H,2,11H2,1H3,(H,19,23)(H,21,22). The van der Waals surface area contributed by atoms with E-state index in [2.05, 4.69) is 38.5 Å². The third-order valence-corrected chi connectivity index (χ3v) is 3.78. The molecule has 5 nitrogen and oxygen atoms in total. The van der Waals surface area contributed by atoms with Crippen LogP contribution in [0.1, 0.15) is 17.3 Å². The van der Waals surface area contributed by atoms with E-state index < -0.39 is 0 Å². The Morgan fingerprint density at radius 3 is 2.17 bits per heavy atom. The third-order valence-electron chi connectivity index (χ3n) is 3.07. The summed E-state index contributed by atoms with van der Waals surface area (Å²) in [5.41, 5.74) is 2.15. The number of rotatable bonds is 6. The molecule has 3 N–H and O–H groups in total. The van der Waals surface area contributed by atoms with Gasteiger partial charge in [-0.2, -0.15) is 0 Å². The Bertz CT molecular complexity index is 669. The van der Waals surface area contributed by atoms with E-state index in [4.69, 9.17) is 0 Å². The fraction of sp³-hybridized carbons (Fsp3) is 0.176. The molecule has 0 aromatic heterocycles. The Balaban J connectivity index is 1.84. The first-order valence-corrected chi connectivity index (χ1v) is 8.34. The monoisotopic (exact) mass is 423 g/mol. The molecule has 2 rings (SSSR count). The molecule has 0 aliphatic carbocycles. The van der Waals surface area contributed by atoms with Crippen LogP contribution in [0.3, 0.4) is 0 Å². The number of carbonyl (C=O) groups excluding carboxylic acids is 2. The molecule has 0 spiro atoms. The van der Waals surface area contributed by atoms with E-state index in [-0.39, 0.29) is 18.4 Å². The fourth-order valence-corrected chi connectivity index (χ4v) is 2.28. The molecular formula is C17H18IN3O2. The van der Waals surface area contributed by atoms with Gasteiger partial charge < -0.3 is 16.0 Å². The van der Waals surface area contributed by atoms with Crippen LogP contribution in [0.25, 0.3) is 0 Å². The lowest BCUT2D eigenvalue weighted by Crippen LogP contribution is -2.23. The number of benzene rings is 2. The normalized spacial score (nSPS) is 10.0. The average molecular weight is 423 g/mol. The Morgan fingerprint density at radius 1 is 0.957 bits per heavy atom. The van der Waals surface area contributed by atoms with Gasteiger partial charge >= 0.3 is 0 Å². The third kappa shape index (κ3) is 5.55. The lowest BCUT2D eigenvalue weighted by Gasteiger charge is -2.09. The molecule has 23 heavy (non-hydrogen) atoms. The van der Waals surface area contributed by atoms with E-state index in [0.29, 0.717) is 12.1 Å². The smallest absolute Gasteiger partial charge is 0.251 e. The maximum atomic E-state index is 11.9. The van der Waals surface area contributed by atoms with Gasteiger partial charge in [0.1, 0.15) is 0 Å². The van der Waals surface area contributed by atoms with Gasteiger partial charge in [0.2, 0.25) is 5.91 Å². The van der Waals surface area contributed by atoms with Gasteiger partial charge in [0.15, 0.2) is 0 Å². The molecule has 0 fully saturated rings. The summed E-state index contributed by atoms with van der Waals surface area (Å²) in [5, 5.41) is 8.58. The van der Waals surface area contributed by atoms with E-state index in [1.165, 1.54) is 0 Å². The molecule has 0 radical (unpaired) electrons. The van der Waals surface area contributed by atoms with Gasteiger partial charge in [0.25, 0.3) is 5.91 Å². The summed E-state index contributed by atoms with van der Waals surface area (Å²) >= 11 is 2.21. The highest BCUT2D eigenvalue weighted by Crippen LogP contribution is 2.12. The van der Waals surface area contributed by atoms with Crippen LogP contribution >= 0.6 is 22.6 Å². The van der Waals surface area contributed by atoms with Crippen molar-refractivity contribution >= 4 is 45.8 Å². The number of carbonyl (C=O) groups is 2. The number of halogens is 1. The Labute approximate surface area is 149 Å². The fourth-order valence-electron chi connectivity index (χ4n) is 1.92. The van der Waals surface area contributed by atoms with Crippen molar-refractivity contribution in [3.8, 4) is 0 Å². The molecule has 0 saturated heterocycles. The van der Waals surface area contributed by atoms with Crippen molar-refractivity contribution in [1.29, 1.82) is 0 Å². The predicted molar refractivity (Wildman–Crippen MR) is 101 cm³/mol. The number of nitrogens with one attached hydrogen (secondary N) is 3. The van der Waals surface area contributed by atoms with Crippen LogP contribution in [-0.4, -0.2) is 24.9 Å². The van der Waals surface area contributed by atoms with Crippen LogP contribution in [0.2, 0.25) is 0 Å². The molecule has 6 heteroatoms. The van der Waals surface area contributed by atoms with Crippen LogP contribution < -0.4 is 16.0 Å². The molecule has 120 valence electrons. The van der Waals surface area contributed by atoms with E-state index in [1.54, 1.807) is 24.3 Å². The second-order valence-corrected chi connectivity index (χ2v) is 6.09. The van der Waals surface area contributed by atoms with Gasteiger partial charge in [0, 0.05) is 27.1 Å². The highest BCUT2D eigenvalue weighted by atomic mass is 127. The lowest BCUT2D eigenvalue weighted by atomic mass is 10.2. The molecule has 2 amide bonds. The summed E-state index contributed by atoms with van der Waals surface area (Å²) in [6.45, 7) is 2.63. The zero-order valence-electron chi connectivity index (χ0n) is 12.7. The van der Waals surface area contributed by atoms with Crippen molar-refractivity contribution in [2.75, 3.05) is 23.7 Å². The Hall–Kier alpha value is -2.09.